The zero-order valence-corrected chi connectivity index (χ0v) is 15.2. The minimum atomic E-state index is -0.729. The summed E-state index contributed by atoms with van der Waals surface area (Å²) in [6, 6.07) is 5.61. The van der Waals surface area contributed by atoms with Gasteiger partial charge in [0, 0.05) is 12.7 Å². The molecule has 0 bridgehead atoms. The Bertz CT molecular complexity index is 725. The van der Waals surface area contributed by atoms with E-state index in [4.69, 9.17) is 9.47 Å². The summed E-state index contributed by atoms with van der Waals surface area (Å²) in [5.41, 5.74) is 0.850. The van der Waals surface area contributed by atoms with Crippen molar-refractivity contribution in [3.8, 4) is 11.5 Å². The number of benzene rings is 1. The predicted octanol–water partition coefficient (Wildman–Crippen LogP) is 1.88. The molecule has 0 unspecified atom stereocenters. The SMILES string of the molecule is CCOc1ccc(CCN2C=C(C(=O)OC)C(=O)CC2=O)cc1OCC. The van der Waals surface area contributed by atoms with Crippen LogP contribution >= 0.6 is 0 Å². The lowest BCUT2D eigenvalue weighted by atomic mass is 10.0. The average Bonchev–Trinajstić information content (AvgIpc) is 2.62. The lowest BCUT2D eigenvalue weighted by Crippen LogP contribution is -2.36. The van der Waals surface area contributed by atoms with Crippen molar-refractivity contribution in [1.29, 1.82) is 0 Å². The molecule has 0 aromatic heterocycles. The number of esters is 1. The van der Waals surface area contributed by atoms with Crippen LogP contribution in [0.1, 0.15) is 25.8 Å². The molecule has 0 aliphatic carbocycles. The van der Waals surface area contributed by atoms with Crippen molar-refractivity contribution in [1.82, 2.24) is 4.90 Å². The Morgan fingerprint density at radius 1 is 1.12 bits per heavy atom. The van der Waals surface area contributed by atoms with E-state index >= 15 is 0 Å². The highest BCUT2D eigenvalue weighted by Gasteiger charge is 2.29. The van der Waals surface area contributed by atoms with Crippen LogP contribution in [0.5, 0.6) is 11.5 Å². The van der Waals surface area contributed by atoms with Crippen LogP contribution in [0, 0.1) is 0 Å². The van der Waals surface area contributed by atoms with E-state index in [1.807, 2.05) is 32.0 Å². The Labute approximate surface area is 152 Å². The van der Waals surface area contributed by atoms with Crippen LogP contribution in [-0.4, -0.2) is 49.4 Å². The van der Waals surface area contributed by atoms with E-state index in [9.17, 15) is 14.4 Å². The summed E-state index contributed by atoms with van der Waals surface area (Å²) >= 11 is 0. The quantitative estimate of drug-likeness (QED) is 0.399. The van der Waals surface area contributed by atoms with Crippen molar-refractivity contribution in [2.45, 2.75) is 26.7 Å². The lowest BCUT2D eigenvalue weighted by molar-refractivity contribution is -0.140. The Kier molecular flexibility index (Phi) is 6.77. The highest BCUT2D eigenvalue weighted by molar-refractivity contribution is 6.23. The van der Waals surface area contributed by atoms with Crippen LogP contribution in [-0.2, 0) is 25.5 Å². The van der Waals surface area contributed by atoms with Gasteiger partial charge in [-0.2, -0.15) is 0 Å². The molecule has 1 aliphatic heterocycles. The summed E-state index contributed by atoms with van der Waals surface area (Å²) in [4.78, 5) is 36.9. The second-order valence-corrected chi connectivity index (χ2v) is 5.62. The number of nitrogens with zero attached hydrogens (tertiary/aromatic N) is 1. The highest BCUT2D eigenvalue weighted by atomic mass is 16.5. The predicted molar refractivity (Wildman–Crippen MR) is 93.9 cm³/mol. The van der Waals surface area contributed by atoms with Gasteiger partial charge in [0.15, 0.2) is 17.3 Å². The van der Waals surface area contributed by atoms with Crippen molar-refractivity contribution in [3.63, 3.8) is 0 Å². The van der Waals surface area contributed by atoms with Gasteiger partial charge in [-0.3, -0.25) is 9.59 Å². The maximum Gasteiger partial charge on any atom is 0.343 e. The third kappa shape index (κ3) is 4.62. The second-order valence-electron chi connectivity index (χ2n) is 5.62. The zero-order valence-electron chi connectivity index (χ0n) is 15.2. The highest BCUT2D eigenvalue weighted by Crippen LogP contribution is 2.29. The molecule has 1 aromatic rings. The van der Waals surface area contributed by atoms with E-state index in [1.165, 1.54) is 18.2 Å². The molecule has 1 aliphatic rings. The fourth-order valence-corrected chi connectivity index (χ4v) is 2.60. The number of rotatable bonds is 8. The van der Waals surface area contributed by atoms with Gasteiger partial charge < -0.3 is 19.1 Å². The molecule has 140 valence electrons. The first-order chi connectivity index (χ1) is 12.5. The van der Waals surface area contributed by atoms with E-state index in [0.717, 1.165) is 5.56 Å². The summed E-state index contributed by atoms with van der Waals surface area (Å²) in [6.07, 6.45) is 1.49. The van der Waals surface area contributed by atoms with Crippen molar-refractivity contribution < 1.29 is 28.6 Å². The summed E-state index contributed by atoms with van der Waals surface area (Å²) in [7, 11) is 1.20. The van der Waals surface area contributed by atoms with Crippen molar-refractivity contribution >= 4 is 17.7 Å². The van der Waals surface area contributed by atoms with Gasteiger partial charge in [-0.15, -0.1) is 0 Å². The molecule has 7 nitrogen and oxygen atoms in total. The molecule has 1 heterocycles. The summed E-state index contributed by atoms with van der Waals surface area (Å²) < 4.78 is 15.7. The number of amides is 1. The maximum absolute atomic E-state index is 12.1. The molecule has 0 N–H and O–H groups in total. The lowest BCUT2D eigenvalue weighted by Gasteiger charge is -2.23. The number of hydrogen-bond donors (Lipinski definition) is 0. The van der Waals surface area contributed by atoms with E-state index in [0.29, 0.717) is 37.7 Å². The molecular formula is C19H23NO6. The molecule has 0 atom stereocenters. The number of carbonyl (C=O) groups excluding carboxylic acids is 3. The third-order valence-corrected chi connectivity index (χ3v) is 3.87. The Morgan fingerprint density at radius 2 is 1.81 bits per heavy atom. The molecule has 0 saturated carbocycles. The minimum Gasteiger partial charge on any atom is -0.490 e. The number of methoxy groups -OCH3 is 1. The van der Waals surface area contributed by atoms with Gasteiger partial charge in [-0.05, 0) is 38.0 Å². The first kappa shape index (κ1) is 19.5. The zero-order chi connectivity index (χ0) is 19.1. The van der Waals surface area contributed by atoms with Gasteiger partial charge in [-0.1, -0.05) is 6.07 Å². The summed E-state index contributed by atoms with van der Waals surface area (Å²) in [5, 5.41) is 0. The van der Waals surface area contributed by atoms with Crippen molar-refractivity contribution in [2.75, 3.05) is 26.9 Å². The molecule has 26 heavy (non-hydrogen) atoms. The maximum atomic E-state index is 12.1. The smallest absolute Gasteiger partial charge is 0.343 e. The van der Waals surface area contributed by atoms with Gasteiger partial charge in [0.1, 0.15) is 5.57 Å². The average molecular weight is 361 g/mol. The number of ketones is 1. The fraction of sp³-hybridized carbons (Fsp3) is 0.421. The Balaban J connectivity index is 2.13. The molecule has 0 fully saturated rings. The van der Waals surface area contributed by atoms with Gasteiger partial charge in [0.2, 0.25) is 5.91 Å². The van der Waals surface area contributed by atoms with Crippen LogP contribution in [0.15, 0.2) is 30.0 Å². The molecule has 2 rings (SSSR count). The van der Waals surface area contributed by atoms with E-state index in [-0.39, 0.29) is 17.9 Å². The molecular weight excluding hydrogens is 338 g/mol. The second kappa shape index (κ2) is 9.03. The molecule has 1 aromatic carbocycles. The first-order valence-electron chi connectivity index (χ1n) is 8.51. The number of ether oxygens (including phenoxy) is 3. The standard InChI is InChI=1S/C19H23NO6/c1-4-25-16-7-6-13(10-17(16)26-5-2)8-9-20-12-14(19(23)24-3)15(21)11-18(20)22/h6-7,10,12H,4-5,8-9,11H2,1-3H3. The summed E-state index contributed by atoms with van der Waals surface area (Å²) in [6.45, 7) is 5.19. The normalized spacial score (nSPS) is 14.1. The van der Waals surface area contributed by atoms with Crippen molar-refractivity contribution in [3.05, 3.63) is 35.5 Å². The van der Waals surface area contributed by atoms with Crippen molar-refractivity contribution in [2.24, 2.45) is 0 Å². The Morgan fingerprint density at radius 3 is 2.46 bits per heavy atom. The molecule has 0 radical (unpaired) electrons. The topological polar surface area (TPSA) is 82.1 Å². The largest absolute Gasteiger partial charge is 0.490 e. The molecule has 0 saturated heterocycles. The van der Waals surface area contributed by atoms with Gasteiger partial charge in [0.05, 0.1) is 26.7 Å². The molecule has 7 heteroatoms. The number of Topliss-reactive ketones (excluding diaryl/α,β-unsaturated/α-hetero) is 1. The van der Waals surface area contributed by atoms with E-state index in [1.54, 1.807) is 0 Å². The van der Waals surface area contributed by atoms with Crippen LogP contribution in [0.2, 0.25) is 0 Å². The third-order valence-electron chi connectivity index (χ3n) is 3.87. The molecule has 0 spiro atoms. The number of hydrogen-bond acceptors (Lipinski definition) is 6. The van der Waals surface area contributed by atoms with E-state index < -0.39 is 11.8 Å². The van der Waals surface area contributed by atoms with Gasteiger partial charge in [-0.25, -0.2) is 4.79 Å². The van der Waals surface area contributed by atoms with Crippen LogP contribution in [0.4, 0.5) is 0 Å². The van der Waals surface area contributed by atoms with Crippen LogP contribution in [0.3, 0.4) is 0 Å². The minimum absolute atomic E-state index is 0.103. The Hall–Kier alpha value is -2.83. The molecule has 1 amide bonds. The van der Waals surface area contributed by atoms with Gasteiger partial charge >= 0.3 is 5.97 Å². The van der Waals surface area contributed by atoms with Gasteiger partial charge in [0.25, 0.3) is 0 Å². The monoisotopic (exact) mass is 361 g/mol. The van der Waals surface area contributed by atoms with E-state index in [2.05, 4.69) is 4.74 Å². The fourth-order valence-electron chi connectivity index (χ4n) is 2.60. The summed E-state index contributed by atoms with van der Waals surface area (Å²) in [5.74, 6) is -0.257. The van der Waals surface area contributed by atoms with Crippen LogP contribution in [0.25, 0.3) is 0 Å². The number of carbonyl (C=O) groups is 3. The van der Waals surface area contributed by atoms with Crippen LogP contribution < -0.4 is 9.47 Å². The first-order valence-corrected chi connectivity index (χ1v) is 8.51.